The summed E-state index contributed by atoms with van der Waals surface area (Å²) in [6.07, 6.45) is 0. The highest BCUT2D eigenvalue weighted by molar-refractivity contribution is 7.26. The Bertz CT molecular complexity index is 3520. The summed E-state index contributed by atoms with van der Waals surface area (Å²) < 4.78 is 5.10. The van der Waals surface area contributed by atoms with Gasteiger partial charge in [-0.15, -0.1) is 11.3 Å². The number of para-hydroxylation sites is 2. The van der Waals surface area contributed by atoms with Crippen molar-refractivity contribution in [2.45, 2.75) is 19.3 Å². The largest absolute Gasteiger partial charge is 0.308 e. The topological polar surface area (TPSA) is 30.7 Å². The van der Waals surface area contributed by atoms with Gasteiger partial charge in [0.1, 0.15) is 0 Å². The maximum atomic E-state index is 5.20. The molecule has 0 saturated carbocycles. The van der Waals surface area contributed by atoms with Crippen molar-refractivity contribution in [3.8, 4) is 73.0 Å². The Hall–Kier alpha value is -7.14. The van der Waals surface area contributed by atoms with E-state index in [-0.39, 0.29) is 5.41 Å². The van der Waals surface area contributed by atoms with Crippen molar-refractivity contribution in [3.05, 3.63) is 187 Å². The molecule has 11 aromatic rings. The van der Waals surface area contributed by atoms with Crippen LogP contribution in [0.25, 0.3) is 115 Å². The fourth-order valence-corrected chi connectivity index (χ4v) is 11.5. The van der Waals surface area contributed by atoms with Gasteiger partial charge in [-0.2, -0.15) is 0 Å². The summed E-state index contributed by atoms with van der Waals surface area (Å²) >= 11 is 1.89. The number of hydrogen-bond acceptors (Lipinski definition) is 3. The molecule has 0 spiro atoms. The summed E-state index contributed by atoms with van der Waals surface area (Å²) in [6.45, 7) is 4.77. The van der Waals surface area contributed by atoms with Crippen molar-refractivity contribution in [2.75, 3.05) is 0 Å². The highest BCUT2D eigenvalue weighted by Gasteiger charge is 2.39. The van der Waals surface area contributed by atoms with E-state index in [0.717, 1.165) is 33.9 Å². The quantitative estimate of drug-likeness (QED) is 0.179. The van der Waals surface area contributed by atoms with E-state index >= 15 is 0 Å². The molecular weight excluding hydrogens is 735 g/mol. The number of nitrogens with zero attached hydrogens (tertiary/aromatic N) is 3. The Kier molecular flexibility index (Phi) is 6.66. The van der Waals surface area contributed by atoms with Crippen molar-refractivity contribution in [2.24, 2.45) is 0 Å². The standard InChI is InChI=1S/C55H35N3S/c1-55(2)42-22-11-9-19-38(42)50-43(55)27-25-39-49(50)40-21-13-20-36-35-18-10-12-23-46(35)58(52(36)40)47-28-26-37-41-30-34(24-29-48(41)59-53(37)51(39)47)54-56-44(32-14-5-3-6-15-32)31-45(57-54)33-16-7-4-8-17-33/h3-31H,1-2H3. The number of aromatic nitrogens is 3. The molecule has 0 bridgehead atoms. The summed E-state index contributed by atoms with van der Waals surface area (Å²) in [6, 6.07) is 64.2. The molecule has 13 rings (SSSR count). The Morgan fingerprint density at radius 1 is 0.458 bits per heavy atom. The van der Waals surface area contributed by atoms with Gasteiger partial charge in [0.2, 0.25) is 0 Å². The minimum atomic E-state index is -0.114. The van der Waals surface area contributed by atoms with Gasteiger partial charge in [-0.1, -0.05) is 153 Å². The van der Waals surface area contributed by atoms with E-state index in [2.05, 4.69) is 182 Å². The third-order valence-electron chi connectivity index (χ3n) is 13.0. The van der Waals surface area contributed by atoms with E-state index in [4.69, 9.17) is 9.97 Å². The van der Waals surface area contributed by atoms with Gasteiger partial charge >= 0.3 is 0 Å². The second-order valence-corrected chi connectivity index (χ2v) is 17.5. The molecule has 3 nitrogen and oxygen atoms in total. The van der Waals surface area contributed by atoms with Crippen LogP contribution in [0.5, 0.6) is 0 Å². The van der Waals surface area contributed by atoms with Gasteiger partial charge in [0, 0.05) is 64.2 Å². The summed E-state index contributed by atoms with van der Waals surface area (Å²) in [4.78, 5) is 10.4. The van der Waals surface area contributed by atoms with E-state index in [1.165, 1.54) is 92.2 Å². The molecular formula is C55H35N3S. The fourth-order valence-electron chi connectivity index (χ4n) is 10.3. The molecule has 0 N–H and O–H groups in total. The van der Waals surface area contributed by atoms with Gasteiger partial charge in [-0.25, -0.2) is 9.97 Å². The summed E-state index contributed by atoms with van der Waals surface area (Å²) in [7, 11) is 0. The first-order valence-corrected chi connectivity index (χ1v) is 21.1. The second kappa shape index (κ2) is 12.0. The van der Waals surface area contributed by atoms with Crippen LogP contribution in [-0.4, -0.2) is 14.5 Å². The van der Waals surface area contributed by atoms with Gasteiger partial charge in [-0.3, -0.25) is 0 Å². The Balaban J connectivity index is 1.11. The molecule has 59 heavy (non-hydrogen) atoms. The predicted octanol–water partition coefficient (Wildman–Crippen LogP) is 14.9. The van der Waals surface area contributed by atoms with Crippen LogP contribution in [-0.2, 0) is 5.41 Å². The number of fused-ring (bicyclic) bond motifs is 16. The van der Waals surface area contributed by atoms with Crippen molar-refractivity contribution < 1.29 is 0 Å². The summed E-state index contributed by atoms with van der Waals surface area (Å²) in [5.41, 5.74) is 19.3. The summed E-state index contributed by atoms with van der Waals surface area (Å²) in [5, 5.41) is 5.03. The predicted molar refractivity (Wildman–Crippen MR) is 248 cm³/mol. The van der Waals surface area contributed by atoms with Crippen molar-refractivity contribution in [1.82, 2.24) is 14.5 Å². The smallest absolute Gasteiger partial charge is 0.160 e. The zero-order valence-electron chi connectivity index (χ0n) is 32.5. The minimum Gasteiger partial charge on any atom is -0.308 e. The van der Waals surface area contributed by atoms with Crippen LogP contribution in [0.2, 0.25) is 0 Å². The summed E-state index contributed by atoms with van der Waals surface area (Å²) in [5.74, 6) is 0.722. The Morgan fingerprint density at radius 2 is 1.15 bits per heavy atom. The third kappa shape index (κ3) is 4.52. The molecule has 3 aromatic heterocycles. The lowest BCUT2D eigenvalue weighted by Crippen LogP contribution is -2.14. The highest BCUT2D eigenvalue weighted by Crippen LogP contribution is 2.59. The molecule has 2 aliphatic rings. The molecule has 1 aliphatic carbocycles. The lowest BCUT2D eigenvalue weighted by atomic mass is 9.80. The van der Waals surface area contributed by atoms with Gasteiger partial charge in [-0.05, 0) is 69.8 Å². The molecule has 4 heterocycles. The van der Waals surface area contributed by atoms with Gasteiger partial charge in [0.15, 0.2) is 5.82 Å². The first kappa shape index (κ1) is 32.9. The molecule has 8 aromatic carbocycles. The fraction of sp³-hybridized carbons (Fsp3) is 0.0545. The molecule has 0 fully saturated rings. The van der Waals surface area contributed by atoms with Crippen LogP contribution in [0, 0.1) is 0 Å². The molecule has 0 unspecified atom stereocenters. The van der Waals surface area contributed by atoms with Crippen LogP contribution in [0.1, 0.15) is 25.0 Å². The maximum Gasteiger partial charge on any atom is 0.160 e. The van der Waals surface area contributed by atoms with E-state index < -0.39 is 0 Å². The van der Waals surface area contributed by atoms with Crippen molar-refractivity contribution >= 4 is 53.3 Å². The monoisotopic (exact) mass is 769 g/mol. The number of benzene rings is 8. The molecule has 4 heteroatoms. The van der Waals surface area contributed by atoms with E-state index in [0.29, 0.717) is 0 Å². The van der Waals surface area contributed by atoms with Crippen LogP contribution < -0.4 is 0 Å². The van der Waals surface area contributed by atoms with E-state index in [1.54, 1.807) is 0 Å². The van der Waals surface area contributed by atoms with Crippen LogP contribution in [0.4, 0.5) is 0 Å². The van der Waals surface area contributed by atoms with E-state index in [1.807, 2.05) is 23.5 Å². The number of hydrogen-bond donors (Lipinski definition) is 0. The van der Waals surface area contributed by atoms with Crippen LogP contribution in [0.3, 0.4) is 0 Å². The Morgan fingerprint density at radius 3 is 1.95 bits per heavy atom. The van der Waals surface area contributed by atoms with Gasteiger partial charge in [0.25, 0.3) is 0 Å². The second-order valence-electron chi connectivity index (χ2n) is 16.5. The normalized spacial score (nSPS) is 13.4. The average molecular weight is 770 g/mol. The number of rotatable bonds is 3. The number of thiophene rings is 1. The van der Waals surface area contributed by atoms with Gasteiger partial charge < -0.3 is 4.57 Å². The van der Waals surface area contributed by atoms with Crippen molar-refractivity contribution in [1.29, 1.82) is 0 Å². The zero-order chi connectivity index (χ0) is 39.0. The molecule has 1 aliphatic heterocycles. The minimum absolute atomic E-state index is 0.114. The Labute approximate surface area is 345 Å². The molecule has 0 atom stereocenters. The average Bonchev–Trinajstić information content (AvgIpc) is 3.88. The zero-order valence-corrected chi connectivity index (χ0v) is 33.3. The first-order chi connectivity index (χ1) is 29.0. The van der Waals surface area contributed by atoms with E-state index in [9.17, 15) is 0 Å². The lowest BCUT2D eigenvalue weighted by Gasteiger charge is -2.23. The molecule has 276 valence electrons. The highest BCUT2D eigenvalue weighted by atomic mass is 32.1. The molecule has 0 amide bonds. The van der Waals surface area contributed by atoms with Gasteiger partial charge in [0.05, 0.1) is 28.1 Å². The molecule has 0 saturated heterocycles. The SMILES string of the molecule is CC1(C)c2ccccc2-c2c1ccc1c2-c2cccc3c4ccccc4n(c23)-c2ccc3c(sc4ccc(-c5nc(-c6ccccc6)cc(-c6ccccc6)n5)cc43)c2-1. The third-order valence-corrected chi connectivity index (χ3v) is 14.2. The van der Waals surface area contributed by atoms with Crippen LogP contribution in [0.15, 0.2) is 176 Å². The lowest BCUT2D eigenvalue weighted by molar-refractivity contribution is 0.660. The molecule has 0 radical (unpaired) electrons. The van der Waals surface area contributed by atoms with Crippen LogP contribution >= 0.6 is 11.3 Å². The maximum absolute atomic E-state index is 5.20. The first-order valence-electron chi connectivity index (χ1n) is 20.3. The van der Waals surface area contributed by atoms with Crippen molar-refractivity contribution in [3.63, 3.8) is 0 Å².